The van der Waals surface area contributed by atoms with Crippen molar-refractivity contribution in [3.05, 3.63) is 167 Å². The van der Waals surface area contributed by atoms with E-state index in [-0.39, 0.29) is 107 Å². The summed E-state index contributed by atoms with van der Waals surface area (Å²) in [5.41, 5.74) is 13.5. The van der Waals surface area contributed by atoms with Crippen LogP contribution in [0, 0.1) is 11.8 Å². The van der Waals surface area contributed by atoms with Crippen molar-refractivity contribution >= 4 is 35.4 Å². The van der Waals surface area contributed by atoms with Crippen LogP contribution in [0.5, 0.6) is 0 Å². The molecular weight excluding hydrogens is 1320 g/mol. The van der Waals surface area contributed by atoms with Crippen LogP contribution in [0.3, 0.4) is 0 Å². The molecule has 2 saturated heterocycles. The fourth-order valence-corrected chi connectivity index (χ4v) is 12.0. The second-order valence-electron chi connectivity index (χ2n) is 25.3. The maximum atomic E-state index is 13.3. The van der Waals surface area contributed by atoms with Crippen molar-refractivity contribution in [2.45, 2.75) is 132 Å². The lowest BCUT2D eigenvalue weighted by Gasteiger charge is -2.40. The van der Waals surface area contributed by atoms with Crippen molar-refractivity contribution in [3.8, 4) is 11.1 Å². The number of ether oxygens (including phenoxy) is 11. The Bertz CT molecular complexity index is 3240. The van der Waals surface area contributed by atoms with E-state index < -0.39 is 85.3 Å². The zero-order chi connectivity index (χ0) is 73.0. The molecule has 5 aromatic rings. The van der Waals surface area contributed by atoms with Crippen LogP contribution in [0.15, 0.2) is 140 Å². The van der Waals surface area contributed by atoms with E-state index in [4.69, 9.17) is 57.8 Å². The van der Waals surface area contributed by atoms with Gasteiger partial charge in [-0.25, -0.2) is 4.79 Å². The maximum absolute atomic E-state index is 13.3. The summed E-state index contributed by atoms with van der Waals surface area (Å²) in [6, 6.07) is 42.6. The SMILES string of the molecule is CO[C@@H]1OC(COCC(=O)NCCOCCOCCCC(=O)[C@H](Cc2ccccc2)NC(=O)OCC2c3ccccc3-c3ccccc32)[C@@H](C)[C@H](O)C1O.CO[C@@H]1OC(COCC(=O)NCCOCCOCCCC(=O)[C@H](Cc2ccccc2)NC(=O)[C@@H](N)Cc2ccccc2)[C@@H](C)[C@H](O)C1O. The number of alkyl carbamates (subject to hydrolysis) is 1. The van der Waals surface area contributed by atoms with Crippen molar-refractivity contribution in [3.63, 3.8) is 0 Å². The van der Waals surface area contributed by atoms with Crippen LogP contribution in [0.4, 0.5) is 4.79 Å². The molecule has 4 unspecified atom stereocenters. The van der Waals surface area contributed by atoms with Gasteiger partial charge in [-0.2, -0.15) is 0 Å². The number of nitrogens with two attached hydrogens (primary N) is 1. The first kappa shape index (κ1) is 81.8. The molecule has 2 aliphatic heterocycles. The molecule has 2 fully saturated rings. The smallest absolute Gasteiger partial charge is 0.407 e. The molecule has 3 aliphatic rings. The van der Waals surface area contributed by atoms with E-state index in [1.807, 2.05) is 115 Å². The standard InChI is InChI=1S/C41H52N2O11.C35H51N3O10/c1-27-36(54-40(49-2)39(47)38(27)46)25-52-26-37(45)42-18-20-51-22-21-50-19-10-17-35(44)34(23-28-11-4-3-5-12-28)43-41(48)53-24-33-31-15-8-6-13-29(31)30-14-7-9-16-32(30)33;1-24-30(48-35(44-2)33(42)32(24)41)22-47-23-31(40)37-15-17-46-19-18-45-16-9-14-29(39)28(21-26-12-7-4-8-13-26)38-34(43)27(36)20-25-10-5-3-6-11-25/h3-9,11-16,27,33-34,36,38-40,46-47H,10,17-26H2,1-2H3,(H,42,45)(H,43,48);3-8,10-13,24,27-28,30,32-33,35,41-42H,9,14-23,36H2,1-2H3,(H,37,40)(H,38,43)/t27-,34+,36?,38+,39?,40-;24-,27+,28+,30?,32+,33?,35-/m11/s1. The molecular formula is C76H103N5O21. The highest BCUT2D eigenvalue weighted by Crippen LogP contribution is 2.44. The van der Waals surface area contributed by atoms with Crippen molar-refractivity contribution in [2.24, 2.45) is 17.6 Å². The number of benzene rings is 5. The Morgan fingerprint density at radius 2 is 0.843 bits per heavy atom. The van der Waals surface area contributed by atoms with Crippen LogP contribution in [-0.2, 0) is 95.3 Å². The van der Waals surface area contributed by atoms with Crippen LogP contribution < -0.4 is 27.0 Å². The van der Waals surface area contributed by atoms with Crippen molar-refractivity contribution < 1.29 is 101 Å². The van der Waals surface area contributed by atoms with Gasteiger partial charge in [0.1, 0.15) is 32.0 Å². The minimum atomic E-state index is -1.16. The van der Waals surface area contributed by atoms with Crippen LogP contribution >= 0.6 is 0 Å². The monoisotopic (exact) mass is 1420 g/mol. The Balaban J connectivity index is 0.000000288. The number of amides is 4. The van der Waals surface area contributed by atoms with Crippen LogP contribution in [0.25, 0.3) is 11.1 Å². The summed E-state index contributed by atoms with van der Waals surface area (Å²) >= 11 is 0. The van der Waals surface area contributed by atoms with Crippen molar-refractivity contribution in [2.75, 3.05) is 113 Å². The molecule has 26 heteroatoms. The Morgan fingerprint density at radius 1 is 0.461 bits per heavy atom. The zero-order valence-corrected chi connectivity index (χ0v) is 58.7. The molecule has 0 bridgehead atoms. The third-order valence-electron chi connectivity index (χ3n) is 17.9. The van der Waals surface area contributed by atoms with Crippen LogP contribution in [0.2, 0.25) is 0 Å². The van der Waals surface area contributed by atoms with Gasteiger partial charge in [-0.3, -0.25) is 24.0 Å². The second-order valence-corrected chi connectivity index (χ2v) is 25.3. The highest BCUT2D eigenvalue weighted by Gasteiger charge is 2.44. The number of carbonyl (C=O) groups excluding carboxylic acids is 6. The number of hydrogen-bond donors (Lipinski definition) is 9. The van der Waals surface area contributed by atoms with Gasteiger partial charge in [0.25, 0.3) is 0 Å². The molecule has 1 aliphatic carbocycles. The predicted molar refractivity (Wildman–Crippen MR) is 375 cm³/mol. The van der Waals surface area contributed by atoms with Gasteiger partial charge in [-0.1, -0.05) is 153 Å². The number of fused-ring (bicyclic) bond motifs is 3. The van der Waals surface area contributed by atoms with Crippen molar-refractivity contribution in [1.82, 2.24) is 21.3 Å². The van der Waals surface area contributed by atoms with E-state index in [2.05, 4.69) is 45.5 Å². The summed E-state index contributed by atoms with van der Waals surface area (Å²) in [6.45, 7) is 6.44. The minimum absolute atomic E-state index is 0.0560. The summed E-state index contributed by atoms with van der Waals surface area (Å²) in [7, 11) is 2.75. The fraction of sp³-hybridized carbons (Fsp3) is 0.526. The molecule has 8 rings (SSSR count). The number of rotatable bonds is 43. The molecule has 0 radical (unpaired) electrons. The number of nitrogens with one attached hydrogen (secondary N) is 4. The lowest BCUT2D eigenvalue weighted by molar-refractivity contribution is -0.282. The average molecular weight is 1420 g/mol. The van der Waals surface area contributed by atoms with Gasteiger partial charge in [-0.05, 0) is 71.0 Å². The molecule has 2 heterocycles. The summed E-state index contributed by atoms with van der Waals surface area (Å²) in [6.07, 6.45) is -5.48. The highest BCUT2D eigenvalue weighted by molar-refractivity contribution is 5.91. The number of hydrogen-bond acceptors (Lipinski definition) is 22. The first-order valence-corrected chi connectivity index (χ1v) is 34.9. The van der Waals surface area contributed by atoms with Gasteiger partial charge >= 0.3 is 6.09 Å². The molecule has 558 valence electrons. The maximum Gasteiger partial charge on any atom is 0.407 e. The number of Topliss-reactive ketones (excluding diaryl/α,β-unsaturated/α-hetero) is 2. The van der Waals surface area contributed by atoms with Gasteiger partial charge in [-0.15, -0.1) is 0 Å². The van der Waals surface area contributed by atoms with Crippen LogP contribution in [0.1, 0.15) is 73.3 Å². The third-order valence-corrected chi connectivity index (χ3v) is 17.9. The molecule has 102 heavy (non-hydrogen) atoms. The summed E-state index contributed by atoms with van der Waals surface area (Å²) in [5.74, 6) is -2.10. The Morgan fingerprint density at radius 3 is 1.26 bits per heavy atom. The third kappa shape index (κ3) is 27.0. The number of ketones is 2. The molecule has 26 nitrogen and oxygen atoms in total. The Kier molecular flexibility index (Phi) is 36.0. The molecule has 4 amide bonds. The van der Waals surface area contributed by atoms with E-state index in [9.17, 15) is 49.2 Å². The van der Waals surface area contributed by atoms with Gasteiger partial charge in [0.15, 0.2) is 24.1 Å². The predicted octanol–water partition coefficient (Wildman–Crippen LogP) is 3.91. The molecule has 13 atom stereocenters. The van der Waals surface area contributed by atoms with E-state index in [1.54, 1.807) is 13.8 Å². The lowest BCUT2D eigenvalue weighted by atomic mass is 9.91. The van der Waals surface area contributed by atoms with Gasteiger partial charge in [0, 0.05) is 71.1 Å². The number of carbonyl (C=O) groups is 6. The molecule has 0 saturated carbocycles. The first-order valence-electron chi connectivity index (χ1n) is 34.9. The average Bonchev–Trinajstić information content (AvgIpc) is 1.61. The number of methoxy groups -OCH3 is 2. The lowest BCUT2D eigenvalue weighted by Crippen LogP contribution is -2.55. The normalized spacial score (nSPS) is 21.6. The van der Waals surface area contributed by atoms with Gasteiger partial charge in [0.05, 0.1) is 95.4 Å². The zero-order valence-electron chi connectivity index (χ0n) is 58.7. The van der Waals surface area contributed by atoms with E-state index in [1.165, 1.54) is 14.2 Å². The Hall–Kier alpha value is -7.48. The molecule has 0 spiro atoms. The fourth-order valence-electron chi connectivity index (χ4n) is 12.0. The number of aliphatic hydroxyl groups is 4. The van der Waals surface area contributed by atoms with E-state index in [0.717, 1.165) is 38.9 Å². The first-order chi connectivity index (χ1) is 49.5. The van der Waals surface area contributed by atoms with E-state index >= 15 is 0 Å². The Labute approximate surface area is 596 Å². The quantitative estimate of drug-likeness (QED) is 0.0250. The highest BCUT2D eigenvalue weighted by atomic mass is 16.7. The number of aliphatic hydroxyl groups excluding tert-OH is 4. The summed E-state index contributed by atoms with van der Waals surface area (Å²) in [4.78, 5) is 76.6. The van der Waals surface area contributed by atoms with E-state index in [0.29, 0.717) is 71.7 Å². The summed E-state index contributed by atoms with van der Waals surface area (Å²) < 4.78 is 60.2. The topological polar surface area (TPSA) is 359 Å². The van der Waals surface area contributed by atoms with Crippen molar-refractivity contribution in [1.29, 1.82) is 0 Å². The summed E-state index contributed by atoms with van der Waals surface area (Å²) in [5, 5.41) is 51.3. The molecule has 5 aromatic carbocycles. The molecule has 0 aromatic heterocycles. The van der Waals surface area contributed by atoms with Gasteiger partial charge in [0.2, 0.25) is 17.7 Å². The molecule has 10 N–H and O–H groups in total. The minimum Gasteiger partial charge on any atom is -0.449 e. The van der Waals surface area contributed by atoms with Gasteiger partial charge < -0.3 is 99.5 Å². The van der Waals surface area contributed by atoms with Crippen LogP contribution in [-0.4, -0.2) is 236 Å². The second kappa shape index (κ2) is 44.9. The largest absolute Gasteiger partial charge is 0.449 e.